The predicted molar refractivity (Wildman–Crippen MR) is 99.3 cm³/mol. The average molecular weight is 370 g/mol. The maximum atomic E-state index is 12.1. The van der Waals surface area contributed by atoms with Crippen molar-refractivity contribution < 1.29 is 19.1 Å². The molecule has 5 nitrogen and oxygen atoms in total. The Kier molecular flexibility index (Phi) is 4.91. The first-order chi connectivity index (χ1) is 12.3. The number of aryl methyl sites for hydroxylation is 2. The number of benzene rings is 2. The van der Waals surface area contributed by atoms with E-state index in [-0.39, 0.29) is 17.6 Å². The van der Waals surface area contributed by atoms with Crippen molar-refractivity contribution in [3.05, 3.63) is 69.4 Å². The number of carbonyl (C=O) groups excluding carboxylic acids is 2. The molecule has 0 aliphatic carbocycles. The van der Waals surface area contributed by atoms with Gasteiger partial charge in [0, 0.05) is 6.92 Å². The Labute approximate surface area is 155 Å². The zero-order chi connectivity index (χ0) is 18.8. The molecule has 0 radical (unpaired) electrons. The number of carbonyl (C=O) groups is 2. The molecule has 1 heterocycles. The summed E-state index contributed by atoms with van der Waals surface area (Å²) in [5.74, 6) is -0.222. The lowest BCUT2D eigenvalue weighted by molar-refractivity contribution is -0.132. The molecule has 0 bridgehead atoms. The Hall–Kier alpha value is -2.92. The van der Waals surface area contributed by atoms with Gasteiger partial charge in [-0.3, -0.25) is 4.79 Å². The van der Waals surface area contributed by atoms with Crippen LogP contribution in [-0.2, 0) is 14.3 Å². The number of hydrogen-bond acceptors (Lipinski definition) is 5. The van der Waals surface area contributed by atoms with Crippen LogP contribution in [-0.4, -0.2) is 17.8 Å². The molecule has 0 spiro atoms. The van der Waals surface area contributed by atoms with Crippen molar-refractivity contribution in [2.24, 2.45) is 4.99 Å². The van der Waals surface area contributed by atoms with Gasteiger partial charge in [0.15, 0.2) is 5.70 Å². The number of esters is 2. The molecule has 6 heteroatoms. The third-order valence-corrected chi connectivity index (χ3v) is 4.09. The minimum absolute atomic E-state index is 0.178. The maximum absolute atomic E-state index is 12.1. The fraction of sp³-hybridized carbons (Fsp3) is 0.150. The topological polar surface area (TPSA) is 65.0 Å². The van der Waals surface area contributed by atoms with Crippen LogP contribution in [0.25, 0.3) is 6.08 Å². The second-order valence-electron chi connectivity index (χ2n) is 5.89. The van der Waals surface area contributed by atoms with Crippen LogP contribution >= 0.6 is 11.6 Å². The molecule has 2 aromatic rings. The van der Waals surface area contributed by atoms with Gasteiger partial charge >= 0.3 is 11.9 Å². The molecule has 1 aliphatic rings. The van der Waals surface area contributed by atoms with Gasteiger partial charge in [-0.1, -0.05) is 23.7 Å². The molecule has 0 fully saturated rings. The molecule has 0 N–H and O–H groups in total. The molecule has 0 saturated heterocycles. The lowest BCUT2D eigenvalue weighted by atomic mass is 10.0. The lowest BCUT2D eigenvalue weighted by Gasteiger charge is -2.10. The maximum Gasteiger partial charge on any atom is 0.363 e. The quantitative estimate of drug-likeness (QED) is 0.461. The van der Waals surface area contributed by atoms with Crippen molar-refractivity contribution in [1.29, 1.82) is 0 Å². The number of nitrogens with zero attached hydrogens (tertiary/aromatic N) is 1. The number of cyclic esters (lactones) is 1. The van der Waals surface area contributed by atoms with Crippen LogP contribution in [0.1, 0.15) is 29.2 Å². The predicted octanol–water partition coefficient (Wildman–Crippen LogP) is 4.23. The largest absolute Gasteiger partial charge is 0.426 e. The van der Waals surface area contributed by atoms with E-state index in [4.69, 9.17) is 21.1 Å². The molecule has 0 saturated carbocycles. The van der Waals surface area contributed by atoms with E-state index in [1.54, 1.807) is 30.3 Å². The Morgan fingerprint density at radius 2 is 1.85 bits per heavy atom. The number of rotatable bonds is 3. The van der Waals surface area contributed by atoms with E-state index >= 15 is 0 Å². The second kappa shape index (κ2) is 7.14. The number of aliphatic imine (C=N–C) groups is 1. The molecule has 26 heavy (non-hydrogen) atoms. The van der Waals surface area contributed by atoms with E-state index in [0.29, 0.717) is 16.3 Å². The van der Waals surface area contributed by atoms with E-state index in [0.717, 1.165) is 16.7 Å². The fourth-order valence-corrected chi connectivity index (χ4v) is 2.91. The Morgan fingerprint density at radius 1 is 1.19 bits per heavy atom. The zero-order valence-electron chi connectivity index (χ0n) is 14.5. The van der Waals surface area contributed by atoms with Crippen LogP contribution in [0.3, 0.4) is 0 Å². The molecule has 0 amide bonds. The van der Waals surface area contributed by atoms with Crippen LogP contribution in [0.2, 0.25) is 5.02 Å². The molecule has 0 unspecified atom stereocenters. The van der Waals surface area contributed by atoms with E-state index in [2.05, 4.69) is 4.99 Å². The van der Waals surface area contributed by atoms with Crippen molar-refractivity contribution in [2.75, 3.05) is 0 Å². The van der Waals surface area contributed by atoms with Gasteiger partial charge in [-0.05, 0) is 60.9 Å². The Morgan fingerprint density at radius 3 is 2.46 bits per heavy atom. The number of hydrogen-bond donors (Lipinski definition) is 0. The molecule has 1 aliphatic heterocycles. The molecule has 132 valence electrons. The zero-order valence-corrected chi connectivity index (χ0v) is 15.3. The first-order valence-corrected chi connectivity index (χ1v) is 8.30. The third kappa shape index (κ3) is 3.68. The van der Waals surface area contributed by atoms with Gasteiger partial charge in [0.1, 0.15) is 5.75 Å². The molecule has 0 aromatic heterocycles. The lowest BCUT2D eigenvalue weighted by Crippen LogP contribution is -2.06. The summed E-state index contributed by atoms with van der Waals surface area (Å²) in [6.45, 7) is 5.02. The highest BCUT2D eigenvalue weighted by molar-refractivity contribution is 6.34. The SMILES string of the molecule is CC(=O)Oc1c(C)cc(/C=C2\N=C(c3ccccc3Cl)OC2=O)cc1C. The van der Waals surface area contributed by atoms with Crippen molar-refractivity contribution in [1.82, 2.24) is 0 Å². The second-order valence-corrected chi connectivity index (χ2v) is 6.30. The normalized spacial score (nSPS) is 15.0. The summed E-state index contributed by atoms with van der Waals surface area (Å²) >= 11 is 6.13. The first kappa shape index (κ1) is 17.9. The first-order valence-electron chi connectivity index (χ1n) is 7.92. The highest BCUT2D eigenvalue weighted by Gasteiger charge is 2.25. The minimum Gasteiger partial charge on any atom is -0.426 e. The smallest absolute Gasteiger partial charge is 0.363 e. The molecular weight excluding hydrogens is 354 g/mol. The number of ether oxygens (including phenoxy) is 2. The van der Waals surface area contributed by atoms with Gasteiger partial charge in [-0.15, -0.1) is 0 Å². The third-order valence-electron chi connectivity index (χ3n) is 3.76. The van der Waals surface area contributed by atoms with Crippen LogP contribution in [0.5, 0.6) is 5.75 Å². The van der Waals surface area contributed by atoms with Gasteiger partial charge in [0.05, 0.1) is 10.6 Å². The summed E-state index contributed by atoms with van der Waals surface area (Å²) in [5.41, 5.74) is 3.07. The van der Waals surface area contributed by atoms with Gasteiger partial charge in [0.25, 0.3) is 0 Å². The average Bonchev–Trinajstić information content (AvgIpc) is 2.92. The van der Waals surface area contributed by atoms with E-state index in [1.165, 1.54) is 6.92 Å². The van der Waals surface area contributed by atoms with E-state index in [9.17, 15) is 9.59 Å². The van der Waals surface area contributed by atoms with E-state index in [1.807, 2.05) is 26.0 Å². The van der Waals surface area contributed by atoms with Crippen molar-refractivity contribution in [3.8, 4) is 5.75 Å². The molecular formula is C20H16ClNO4. The summed E-state index contributed by atoms with van der Waals surface area (Å²) in [5, 5.41) is 0.456. The summed E-state index contributed by atoms with van der Waals surface area (Å²) in [6.07, 6.45) is 1.63. The standard InChI is InChI=1S/C20H16ClNO4/c1-11-8-14(9-12(2)18(11)25-13(3)23)10-17-20(24)26-19(22-17)15-6-4-5-7-16(15)21/h4-10H,1-3H3/b17-10-. The van der Waals surface area contributed by atoms with Gasteiger partial charge in [-0.25, -0.2) is 9.79 Å². The van der Waals surface area contributed by atoms with Crippen molar-refractivity contribution >= 4 is 35.5 Å². The molecule has 0 atom stereocenters. The van der Waals surface area contributed by atoms with Crippen LogP contribution in [0.4, 0.5) is 0 Å². The number of halogens is 1. The van der Waals surface area contributed by atoms with Crippen LogP contribution in [0.15, 0.2) is 47.1 Å². The summed E-state index contributed by atoms with van der Waals surface area (Å²) < 4.78 is 10.5. The highest BCUT2D eigenvalue weighted by Crippen LogP contribution is 2.28. The summed E-state index contributed by atoms with van der Waals surface area (Å²) in [6, 6.07) is 10.6. The van der Waals surface area contributed by atoms with Crippen molar-refractivity contribution in [2.45, 2.75) is 20.8 Å². The monoisotopic (exact) mass is 369 g/mol. The highest BCUT2D eigenvalue weighted by atomic mass is 35.5. The summed E-state index contributed by atoms with van der Waals surface area (Å²) in [7, 11) is 0. The fourth-order valence-electron chi connectivity index (χ4n) is 2.69. The minimum atomic E-state index is -0.542. The van der Waals surface area contributed by atoms with E-state index < -0.39 is 5.97 Å². The van der Waals surface area contributed by atoms with Gasteiger partial charge in [-0.2, -0.15) is 0 Å². The molecule has 2 aromatic carbocycles. The van der Waals surface area contributed by atoms with Gasteiger partial charge < -0.3 is 9.47 Å². The van der Waals surface area contributed by atoms with Crippen molar-refractivity contribution in [3.63, 3.8) is 0 Å². The van der Waals surface area contributed by atoms with Gasteiger partial charge in [0.2, 0.25) is 5.90 Å². The molecule has 3 rings (SSSR count). The summed E-state index contributed by atoms with van der Waals surface area (Å²) in [4.78, 5) is 27.6. The Balaban J connectivity index is 1.96. The van der Waals surface area contributed by atoms with Crippen LogP contribution < -0.4 is 4.74 Å². The Bertz CT molecular complexity index is 953. The van der Waals surface area contributed by atoms with Crippen LogP contribution in [0, 0.1) is 13.8 Å².